The average Bonchev–Trinajstić information content (AvgIpc) is 3.18. The molecule has 1 aliphatic heterocycles. The average molecular weight is 377 g/mol. The summed E-state index contributed by atoms with van der Waals surface area (Å²) < 4.78 is 25.3. The van der Waals surface area contributed by atoms with Crippen LogP contribution in [0.3, 0.4) is 0 Å². The van der Waals surface area contributed by atoms with Crippen LogP contribution >= 0.6 is 0 Å². The Kier molecular flexibility index (Phi) is 3.93. The lowest BCUT2D eigenvalue weighted by molar-refractivity contribution is 0.171. The highest BCUT2D eigenvalue weighted by Crippen LogP contribution is 2.33. The molecule has 2 aromatic carbocycles. The fourth-order valence-electron chi connectivity index (χ4n) is 3.03. The van der Waals surface area contributed by atoms with Gasteiger partial charge in [0, 0.05) is 29.2 Å². The molecule has 0 spiro atoms. The number of hydrogen-bond acceptors (Lipinski definition) is 6. The molecule has 3 heterocycles. The molecule has 0 amide bonds. The van der Waals surface area contributed by atoms with Crippen molar-refractivity contribution >= 4 is 34.0 Å². The first-order valence-corrected chi connectivity index (χ1v) is 8.78. The highest BCUT2D eigenvalue weighted by Gasteiger charge is 2.13. The van der Waals surface area contributed by atoms with Crippen LogP contribution in [0.4, 0.5) is 27.5 Å². The third-order valence-corrected chi connectivity index (χ3v) is 4.36. The molecule has 0 saturated heterocycles. The van der Waals surface area contributed by atoms with Crippen molar-refractivity contribution in [2.45, 2.75) is 0 Å². The number of aromatic nitrogens is 3. The lowest BCUT2D eigenvalue weighted by Gasteiger charge is -2.19. The predicted octanol–water partition coefficient (Wildman–Crippen LogP) is 4.36. The molecular formula is C20H16FN5O2. The molecule has 4 aromatic rings. The maximum atomic E-state index is 14.2. The van der Waals surface area contributed by atoms with Crippen LogP contribution < -0.4 is 20.1 Å². The summed E-state index contributed by atoms with van der Waals surface area (Å²) in [6.07, 6.45) is 3.00. The number of nitrogens with zero attached hydrogens (tertiary/aromatic N) is 2. The molecule has 0 bridgehead atoms. The number of benzene rings is 2. The number of halogens is 1. The maximum Gasteiger partial charge on any atom is 0.229 e. The normalized spacial score (nSPS) is 12.8. The van der Waals surface area contributed by atoms with E-state index in [9.17, 15) is 4.39 Å². The number of rotatable bonds is 4. The zero-order valence-corrected chi connectivity index (χ0v) is 14.7. The van der Waals surface area contributed by atoms with Crippen LogP contribution in [0.5, 0.6) is 11.5 Å². The second-order valence-corrected chi connectivity index (χ2v) is 6.28. The Morgan fingerprint density at radius 2 is 1.75 bits per heavy atom. The summed E-state index contributed by atoms with van der Waals surface area (Å²) in [4.78, 5) is 11.4. The van der Waals surface area contributed by atoms with Crippen molar-refractivity contribution < 1.29 is 13.9 Å². The van der Waals surface area contributed by atoms with Crippen LogP contribution in [-0.2, 0) is 0 Å². The van der Waals surface area contributed by atoms with E-state index in [1.165, 1.54) is 0 Å². The van der Waals surface area contributed by atoms with E-state index in [2.05, 4.69) is 25.6 Å². The van der Waals surface area contributed by atoms with Crippen LogP contribution in [0.2, 0.25) is 0 Å². The largest absolute Gasteiger partial charge is 0.486 e. The first-order valence-electron chi connectivity index (χ1n) is 8.78. The first-order chi connectivity index (χ1) is 13.7. The van der Waals surface area contributed by atoms with Crippen LogP contribution in [0.1, 0.15) is 0 Å². The number of nitrogens with one attached hydrogen (secondary N) is 3. The van der Waals surface area contributed by atoms with Crippen LogP contribution in [-0.4, -0.2) is 28.2 Å². The summed E-state index contributed by atoms with van der Waals surface area (Å²) in [5, 5.41) is 7.17. The maximum absolute atomic E-state index is 14.2. The van der Waals surface area contributed by atoms with E-state index in [0.717, 1.165) is 22.8 Å². The van der Waals surface area contributed by atoms with Crippen molar-refractivity contribution in [3.05, 3.63) is 60.7 Å². The fourth-order valence-corrected chi connectivity index (χ4v) is 3.03. The van der Waals surface area contributed by atoms with Gasteiger partial charge in [0.05, 0.1) is 6.20 Å². The third kappa shape index (κ3) is 3.16. The lowest BCUT2D eigenvalue weighted by atomic mass is 10.2. The Morgan fingerprint density at radius 1 is 0.929 bits per heavy atom. The van der Waals surface area contributed by atoms with Gasteiger partial charge in [-0.1, -0.05) is 6.07 Å². The Morgan fingerprint density at radius 3 is 2.68 bits per heavy atom. The van der Waals surface area contributed by atoms with E-state index in [0.29, 0.717) is 30.4 Å². The summed E-state index contributed by atoms with van der Waals surface area (Å²) in [5.74, 6) is 1.08. The fraction of sp³-hybridized carbons (Fsp3) is 0.100. The van der Waals surface area contributed by atoms with Gasteiger partial charge in [-0.3, -0.25) is 0 Å². The molecule has 1 aliphatic rings. The van der Waals surface area contributed by atoms with Crippen molar-refractivity contribution in [3.8, 4) is 11.5 Å². The number of hydrogen-bond donors (Lipinski definition) is 3. The topological polar surface area (TPSA) is 84.1 Å². The van der Waals surface area contributed by atoms with Crippen molar-refractivity contribution in [1.82, 2.24) is 15.0 Å². The second kappa shape index (κ2) is 6.73. The third-order valence-electron chi connectivity index (χ3n) is 4.36. The number of anilines is 4. The monoisotopic (exact) mass is 377 g/mol. The van der Waals surface area contributed by atoms with Crippen molar-refractivity contribution in [2.24, 2.45) is 0 Å². The summed E-state index contributed by atoms with van der Waals surface area (Å²) in [6.45, 7) is 1.00. The van der Waals surface area contributed by atoms with E-state index in [4.69, 9.17) is 9.47 Å². The number of fused-ring (bicyclic) bond motifs is 2. The second-order valence-electron chi connectivity index (χ2n) is 6.28. The van der Waals surface area contributed by atoms with Crippen LogP contribution in [0, 0.1) is 5.82 Å². The molecule has 140 valence electrons. The van der Waals surface area contributed by atoms with Gasteiger partial charge in [0.1, 0.15) is 13.2 Å². The molecule has 3 N–H and O–H groups in total. The van der Waals surface area contributed by atoms with Gasteiger partial charge in [-0.05, 0) is 35.7 Å². The molecule has 8 heteroatoms. The van der Waals surface area contributed by atoms with Gasteiger partial charge in [0.25, 0.3) is 0 Å². The van der Waals surface area contributed by atoms with Gasteiger partial charge in [0.2, 0.25) is 5.95 Å². The molecule has 0 fully saturated rings. The van der Waals surface area contributed by atoms with Crippen LogP contribution in [0.15, 0.2) is 54.9 Å². The molecule has 5 rings (SSSR count). The standard InChI is InChI=1S/C20H16FN5O2/c21-15-11-23-20(25-13-2-1-12-5-6-22-16(12)9-13)26-19(15)24-14-3-4-17-18(10-14)28-8-7-27-17/h1-6,9-11,22H,7-8H2,(H2,23,24,25,26). The minimum Gasteiger partial charge on any atom is -0.486 e. The molecule has 0 atom stereocenters. The number of aromatic amines is 1. The van der Waals surface area contributed by atoms with E-state index in [1.807, 2.05) is 30.5 Å². The predicted molar refractivity (Wildman–Crippen MR) is 104 cm³/mol. The summed E-state index contributed by atoms with van der Waals surface area (Å²) >= 11 is 0. The molecule has 0 radical (unpaired) electrons. The summed E-state index contributed by atoms with van der Waals surface area (Å²) in [6, 6.07) is 13.1. The first kappa shape index (κ1) is 16.4. The van der Waals surface area contributed by atoms with E-state index in [1.54, 1.807) is 18.2 Å². The zero-order chi connectivity index (χ0) is 18.9. The zero-order valence-electron chi connectivity index (χ0n) is 14.7. The molecule has 0 saturated carbocycles. The number of ether oxygens (including phenoxy) is 2. The van der Waals surface area contributed by atoms with Crippen molar-refractivity contribution in [2.75, 3.05) is 23.8 Å². The highest BCUT2D eigenvalue weighted by molar-refractivity contribution is 5.83. The highest BCUT2D eigenvalue weighted by atomic mass is 19.1. The molecule has 2 aromatic heterocycles. The Bertz CT molecular complexity index is 1160. The molecule has 0 aliphatic carbocycles. The van der Waals surface area contributed by atoms with E-state index in [-0.39, 0.29) is 11.8 Å². The minimum absolute atomic E-state index is 0.0649. The Balaban J connectivity index is 1.39. The molecular weight excluding hydrogens is 361 g/mol. The smallest absolute Gasteiger partial charge is 0.229 e. The number of H-pyrrole nitrogens is 1. The SMILES string of the molecule is Fc1cnc(Nc2ccc3cc[nH]c3c2)nc1Nc1ccc2c(c1)OCCO2. The minimum atomic E-state index is -0.555. The lowest BCUT2D eigenvalue weighted by Crippen LogP contribution is -2.15. The Hall–Kier alpha value is -3.81. The summed E-state index contributed by atoms with van der Waals surface area (Å²) in [5.41, 5.74) is 2.43. The van der Waals surface area contributed by atoms with Gasteiger partial charge >= 0.3 is 0 Å². The van der Waals surface area contributed by atoms with Gasteiger partial charge in [0.15, 0.2) is 23.1 Å². The van der Waals surface area contributed by atoms with Gasteiger partial charge in [-0.2, -0.15) is 4.98 Å². The Labute approximate surface area is 159 Å². The quantitative estimate of drug-likeness (QED) is 0.490. The van der Waals surface area contributed by atoms with Gasteiger partial charge in [-0.15, -0.1) is 0 Å². The van der Waals surface area contributed by atoms with E-state index >= 15 is 0 Å². The van der Waals surface area contributed by atoms with E-state index < -0.39 is 5.82 Å². The summed E-state index contributed by atoms with van der Waals surface area (Å²) in [7, 11) is 0. The van der Waals surface area contributed by atoms with Crippen LogP contribution in [0.25, 0.3) is 10.9 Å². The molecule has 0 unspecified atom stereocenters. The van der Waals surface area contributed by atoms with Gasteiger partial charge < -0.3 is 25.1 Å². The van der Waals surface area contributed by atoms with Crippen molar-refractivity contribution in [3.63, 3.8) is 0 Å². The van der Waals surface area contributed by atoms with Crippen molar-refractivity contribution in [1.29, 1.82) is 0 Å². The van der Waals surface area contributed by atoms with Gasteiger partial charge in [-0.25, -0.2) is 9.37 Å². The molecule has 7 nitrogen and oxygen atoms in total. The molecule has 28 heavy (non-hydrogen) atoms.